The molecule has 1 aromatic carbocycles. The topological polar surface area (TPSA) is 69.8 Å². The molecule has 21 heavy (non-hydrogen) atoms. The molecule has 0 bridgehead atoms. The zero-order valence-corrected chi connectivity index (χ0v) is 12.5. The van der Waals surface area contributed by atoms with E-state index in [1.165, 1.54) is 0 Å². The summed E-state index contributed by atoms with van der Waals surface area (Å²) in [6.45, 7) is 10.0. The Morgan fingerprint density at radius 1 is 1.19 bits per heavy atom. The second kappa shape index (κ2) is 5.83. The number of nitrogens with one attached hydrogen (secondary N) is 3. The summed E-state index contributed by atoms with van der Waals surface area (Å²) in [5.41, 5.74) is 8.10. The number of carbonyl (C=O) groups is 1. The van der Waals surface area contributed by atoms with E-state index in [0.717, 1.165) is 11.3 Å². The van der Waals surface area contributed by atoms with Crippen LogP contribution in [0.3, 0.4) is 0 Å². The predicted molar refractivity (Wildman–Crippen MR) is 83.4 cm³/mol. The van der Waals surface area contributed by atoms with Gasteiger partial charge in [-0.05, 0) is 11.6 Å². The van der Waals surface area contributed by atoms with Crippen LogP contribution in [0.25, 0.3) is 5.70 Å². The van der Waals surface area contributed by atoms with Crippen LogP contribution in [0.4, 0.5) is 0 Å². The van der Waals surface area contributed by atoms with E-state index in [9.17, 15) is 4.79 Å². The van der Waals surface area contributed by atoms with Gasteiger partial charge in [0.25, 0.3) is 5.91 Å². The van der Waals surface area contributed by atoms with Gasteiger partial charge in [0.05, 0.1) is 5.70 Å². The first kappa shape index (κ1) is 14.8. The number of benzene rings is 1. The van der Waals surface area contributed by atoms with Gasteiger partial charge < -0.3 is 0 Å². The van der Waals surface area contributed by atoms with E-state index in [1.54, 1.807) is 6.07 Å². The minimum Gasteiger partial charge on any atom is -0.298 e. The minimum atomic E-state index is -0.307. The number of hydrazine groups is 1. The number of hydrogen-bond donors (Lipinski definition) is 3. The van der Waals surface area contributed by atoms with E-state index in [1.807, 2.05) is 30.3 Å². The van der Waals surface area contributed by atoms with E-state index in [4.69, 9.17) is 0 Å². The van der Waals surface area contributed by atoms with Crippen LogP contribution in [-0.4, -0.2) is 16.1 Å². The van der Waals surface area contributed by atoms with Crippen LogP contribution < -0.4 is 10.9 Å². The quantitative estimate of drug-likeness (QED) is 0.756. The molecule has 0 aliphatic rings. The van der Waals surface area contributed by atoms with Gasteiger partial charge in [0.2, 0.25) is 0 Å². The smallest absolute Gasteiger partial charge is 0.290 e. The molecule has 0 aliphatic carbocycles. The van der Waals surface area contributed by atoms with E-state index in [2.05, 4.69) is 48.4 Å². The Labute approximate surface area is 124 Å². The lowest BCUT2D eigenvalue weighted by Crippen LogP contribution is -2.36. The van der Waals surface area contributed by atoms with Crippen LogP contribution >= 0.6 is 0 Å². The van der Waals surface area contributed by atoms with Crippen LogP contribution in [0.1, 0.15) is 42.5 Å². The molecule has 3 N–H and O–H groups in total. The van der Waals surface area contributed by atoms with E-state index >= 15 is 0 Å². The van der Waals surface area contributed by atoms with Gasteiger partial charge in [-0.2, -0.15) is 5.10 Å². The number of aromatic amines is 1. The fourth-order valence-electron chi connectivity index (χ4n) is 1.73. The van der Waals surface area contributed by atoms with E-state index in [-0.39, 0.29) is 11.3 Å². The van der Waals surface area contributed by atoms with Crippen molar-refractivity contribution in [2.24, 2.45) is 0 Å². The van der Waals surface area contributed by atoms with Gasteiger partial charge in [-0.1, -0.05) is 57.7 Å². The van der Waals surface area contributed by atoms with Crippen molar-refractivity contribution in [2.75, 3.05) is 0 Å². The molecule has 1 amide bonds. The second-order valence-corrected chi connectivity index (χ2v) is 5.84. The van der Waals surface area contributed by atoms with Crippen LogP contribution in [0.5, 0.6) is 0 Å². The molecule has 0 saturated heterocycles. The van der Waals surface area contributed by atoms with Gasteiger partial charge in [-0.3, -0.25) is 20.7 Å². The summed E-state index contributed by atoms with van der Waals surface area (Å²) in [5.74, 6) is -0.307. The van der Waals surface area contributed by atoms with Crippen LogP contribution in [0, 0.1) is 0 Å². The maximum absolute atomic E-state index is 12.0. The fraction of sp³-hybridized carbons (Fsp3) is 0.250. The van der Waals surface area contributed by atoms with E-state index < -0.39 is 0 Å². The van der Waals surface area contributed by atoms with Crippen molar-refractivity contribution in [3.05, 3.63) is 59.9 Å². The highest BCUT2D eigenvalue weighted by atomic mass is 16.2. The third-order valence-electron chi connectivity index (χ3n) is 3.07. The second-order valence-electron chi connectivity index (χ2n) is 5.84. The molecule has 2 rings (SSSR count). The molecular weight excluding hydrogens is 264 g/mol. The van der Waals surface area contributed by atoms with Crippen molar-refractivity contribution in [1.82, 2.24) is 21.0 Å². The van der Waals surface area contributed by atoms with Crippen molar-refractivity contribution in [3.63, 3.8) is 0 Å². The Morgan fingerprint density at radius 3 is 2.43 bits per heavy atom. The first-order valence-electron chi connectivity index (χ1n) is 6.74. The molecule has 0 spiro atoms. The van der Waals surface area contributed by atoms with Crippen molar-refractivity contribution in [1.29, 1.82) is 0 Å². The van der Waals surface area contributed by atoms with Crippen molar-refractivity contribution in [2.45, 2.75) is 26.2 Å². The molecule has 1 aromatic heterocycles. The molecule has 0 aliphatic heterocycles. The van der Waals surface area contributed by atoms with Gasteiger partial charge in [0.1, 0.15) is 0 Å². The molecule has 0 atom stereocenters. The summed E-state index contributed by atoms with van der Waals surface area (Å²) in [7, 11) is 0. The summed E-state index contributed by atoms with van der Waals surface area (Å²) >= 11 is 0. The standard InChI is InChI=1S/C16H20N4O/c1-11(12-8-6-5-7-9-12)17-20-15(21)13-10-14(19-18-13)16(2,3)4/h5-10,17H,1H2,2-4H3,(H,18,19)(H,20,21). The van der Waals surface area contributed by atoms with Gasteiger partial charge in [-0.15, -0.1) is 0 Å². The highest BCUT2D eigenvalue weighted by Crippen LogP contribution is 2.20. The Morgan fingerprint density at radius 2 is 1.86 bits per heavy atom. The molecular formula is C16H20N4O. The predicted octanol–water partition coefficient (Wildman–Crippen LogP) is 2.61. The summed E-state index contributed by atoms with van der Waals surface area (Å²) in [4.78, 5) is 12.0. The third-order valence-corrected chi connectivity index (χ3v) is 3.07. The average Bonchev–Trinajstić information content (AvgIpc) is 2.95. The number of H-pyrrole nitrogens is 1. The minimum absolute atomic E-state index is 0.0768. The summed E-state index contributed by atoms with van der Waals surface area (Å²) in [6, 6.07) is 11.3. The average molecular weight is 284 g/mol. The van der Waals surface area contributed by atoms with Gasteiger partial charge in [0, 0.05) is 11.1 Å². The van der Waals surface area contributed by atoms with Crippen LogP contribution in [-0.2, 0) is 5.41 Å². The molecule has 2 aromatic rings. The molecule has 0 saturated carbocycles. The normalized spacial score (nSPS) is 11.0. The first-order chi connectivity index (χ1) is 9.88. The van der Waals surface area contributed by atoms with Crippen LogP contribution in [0.2, 0.25) is 0 Å². The zero-order valence-electron chi connectivity index (χ0n) is 12.5. The number of nitrogens with zero attached hydrogens (tertiary/aromatic N) is 1. The van der Waals surface area contributed by atoms with Gasteiger partial charge >= 0.3 is 0 Å². The Bertz CT molecular complexity index is 638. The lowest BCUT2D eigenvalue weighted by Gasteiger charge is -2.14. The van der Waals surface area contributed by atoms with Crippen molar-refractivity contribution < 1.29 is 4.79 Å². The number of rotatable bonds is 4. The van der Waals surface area contributed by atoms with Gasteiger partial charge in [-0.25, -0.2) is 0 Å². The molecule has 5 nitrogen and oxygen atoms in total. The largest absolute Gasteiger partial charge is 0.298 e. The SMILES string of the molecule is C=C(NNC(=O)c1cc(C(C)(C)C)[nH]n1)c1ccccc1. The Balaban J connectivity index is 1.96. The van der Waals surface area contributed by atoms with E-state index in [0.29, 0.717) is 11.4 Å². The lowest BCUT2D eigenvalue weighted by molar-refractivity contribution is 0.0937. The zero-order chi connectivity index (χ0) is 15.5. The molecule has 0 fully saturated rings. The van der Waals surface area contributed by atoms with Gasteiger partial charge in [0.15, 0.2) is 5.69 Å². The molecule has 0 unspecified atom stereocenters. The highest BCUT2D eigenvalue weighted by Gasteiger charge is 2.19. The molecule has 5 heteroatoms. The number of aromatic nitrogens is 2. The highest BCUT2D eigenvalue weighted by molar-refractivity contribution is 5.92. The summed E-state index contributed by atoms with van der Waals surface area (Å²) in [6.07, 6.45) is 0. The summed E-state index contributed by atoms with van der Waals surface area (Å²) < 4.78 is 0. The monoisotopic (exact) mass is 284 g/mol. The maximum Gasteiger partial charge on any atom is 0.290 e. The maximum atomic E-state index is 12.0. The first-order valence-corrected chi connectivity index (χ1v) is 6.74. The number of carbonyl (C=O) groups excluding carboxylic acids is 1. The molecule has 0 radical (unpaired) electrons. The fourth-order valence-corrected chi connectivity index (χ4v) is 1.73. The number of amides is 1. The lowest BCUT2D eigenvalue weighted by atomic mass is 9.92. The third kappa shape index (κ3) is 3.72. The number of hydrogen-bond acceptors (Lipinski definition) is 3. The van der Waals surface area contributed by atoms with Crippen LogP contribution in [0.15, 0.2) is 43.0 Å². The summed E-state index contributed by atoms with van der Waals surface area (Å²) in [5, 5.41) is 6.91. The molecule has 1 heterocycles. The van der Waals surface area contributed by atoms with Crippen molar-refractivity contribution in [3.8, 4) is 0 Å². The Kier molecular flexibility index (Phi) is 4.12. The van der Waals surface area contributed by atoms with Crippen molar-refractivity contribution >= 4 is 11.6 Å². The Hall–Kier alpha value is -2.56. The molecule has 110 valence electrons.